The van der Waals surface area contributed by atoms with Crippen LogP contribution in [0.2, 0.25) is 0 Å². The lowest BCUT2D eigenvalue weighted by Crippen LogP contribution is -2.29. The maximum Gasteiger partial charge on any atom is 0.305 e. The molecule has 0 aliphatic carbocycles. The van der Waals surface area contributed by atoms with Crippen LogP contribution >= 0.6 is 0 Å². The number of aliphatic hydroxyl groups is 1. The normalized spacial score (nSPS) is 11.3. The third-order valence-electron chi connectivity index (χ3n) is 12.9. The van der Waals surface area contributed by atoms with Crippen molar-refractivity contribution >= 4 is 35.8 Å². The first-order valence-electron chi connectivity index (χ1n) is 29.3. The molecule has 0 fully saturated rings. The molecule has 1 N–H and O–H groups in total. The molecule has 0 unspecified atom stereocenters. The molecule has 0 atom stereocenters. The van der Waals surface area contributed by atoms with E-state index in [1.54, 1.807) is 0 Å². The highest BCUT2D eigenvalue weighted by atomic mass is 16.6. The summed E-state index contributed by atoms with van der Waals surface area (Å²) in [5, 5.41) is 9.66. The van der Waals surface area contributed by atoms with Gasteiger partial charge in [0, 0.05) is 45.1 Å². The molecule has 0 amide bonds. The highest BCUT2D eigenvalue weighted by Crippen LogP contribution is 2.15. The standard InChI is InChI=1S/C58H107NO13/c1-5-9-13-19-27-35-53(61)67-45-51(46-68-54(62)36-28-20-14-10-6-2)49-71-57(65)39-31-23-17-25-33-41-59(43-44-60)42-34-26-18-24-32-40-58(66)72-50-52(47-69-55(63)37-29-21-15-11-7-3)48-70-56(64)38-30-22-16-12-8-4/h51-52,60H,5-50H2,1-4H3. The lowest BCUT2D eigenvalue weighted by atomic mass is 10.1. The Bertz CT molecular complexity index is 1160. The maximum absolute atomic E-state index is 12.6. The molecule has 422 valence electrons. The average Bonchev–Trinajstić information content (AvgIpc) is 3.37. The van der Waals surface area contributed by atoms with Gasteiger partial charge >= 0.3 is 35.8 Å². The maximum atomic E-state index is 12.6. The van der Waals surface area contributed by atoms with Crippen molar-refractivity contribution < 1.29 is 62.3 Å². The SMILES string of the molecule is CCCCCCCC(=O)OCC(COC(=O)CCCCCCC)COC(=O)CCCCCCCN(CCO)CCCCCCCC(=O)OCC(COC(=O)CCCCCCC)COC(=O)CCCCCCC. The zero-order valence-electron chi connectivity index (χ0n) is 46.5. The van der Waals surface area contributed by atoms with E-state index in [1.807, 2.05) is 0 Å². The molecule has 0 aromatic carbocycles. The van der Waals surface area contributed by atoms with Gasteiger partial charge in [0.05, 0.1) is 18.4 Å². The van der Waals surface area contributed by atoms with Gasteiger partial charge < -0.3 is 38.4 Å². The van der Waals surface area contributed by atoms with E-state index in [4.69, 9.17) is 28.4 Å². The number of carbonyl (C=O) groups excluding carboxylic acids is 6. The van der Waals surface area contributed by atoms with Gasteiger partial charge in [-0.1, -0.05) is 169 Å². The van der Waals surface area contributed by atoms with Gasteiger partial charge in [0.15, 0.2) is 0 Å². The summed E-state index contributed by atoms with van der Waals surface area (Å²) >= 11 is 0. The van der Waals surface area contributed by atoms with Crippen LogP contribution in [0.5, 0.6) is 0 Å². The first-order chi connectivity index (χ1) is 35.1. The summed E-state index contributed by atoms with van der Waals surface area (Å²) < 4.78 is 33.1. The van der Waals surface area contributed by atoms with E-state index >= 15 is 0 Å². The molecule has 72 heavy (non-hydrogen) atoms. The second kappa shape index (κ2) is 52.6. The Morgan fingerprint density at radius 3 is 0.694 bits per heavy atom. The zero-order chi connectivity index (χ0) is 53.0. The van der Waals surface area contributed by atoms with Gasteiger partial charge in [0.2, 0.25) is 0 Å². The van der Waals surface area contributed by atoms with E-state index in [-0.39, 0.29) is 82.1 Å². The van der Waals surface area contributed by atoms with Crippen LogP contribution in [0.3, 0.4) is 0 Å². The minimum Gasteiger partial charge on any atom is -0.465 e. The molecule has 0 saturated carbocycles. The molecule has 0 heterocycles. The molecule has 0 aromatic heterocycles. The Kier molecular flexibility index (Phi) is 50.2. The number of esters is 6. The van der Waals surface area contributed by atoms with Crippen molar-refractivity contribution in [2.45, 2.75) is 259 Å². The molecule has 14 heteroatoms. The van der Waals surface area contributed by atoms with Crippen LogP contribution in [-0.4, -0.2) is 112 Å². The minimum atomic E-state index is -0.410. The summed E-state index contributed by atoms with van der Waals surface area (Å²) in [6.07, 6.45) is 32.0. The topological polar surface area (TPSA) is 181 Å². The second-order valence-corrected chi connectivity index (χ2v) is 20.1. The minimum absolute atomic E-state index is 0.0329. The molecule has 0 aromatic rings. The fraction of sp³-hybridized carbons (Fsp3) is 0.897. The van der Waals surface area contributed by atoms with E-state index < -0.39 is 11.8 Å². The van der Waals surface area contributed by atoms with Crippen LogP contribution < -0.4 is 0 Å². The van der Waals surface area contributed by atoms with E-state index in [9.17, 15) is 33.9 Å². The van der Waals surface area contributed by atoms with Crippen molar-refractivity contribution in [3.05, 3.63) is 0 Å². The van der Waals surface area contributed by atoms with Crippen LogP contribution in [0.4, 0.5) is 0 Å². The Labute approximate surface area is 438 Å². The van der Waals surface area contributed by atoms with Gasteiger partial charge in [-0.2, -0.15) is 0 Å². The van der Waals surface area contributed by atoms with Gasteiger partial charge in [-0.3, -0.25) is 28.8 Å². The Balaban J connectivity index is 4.48. The third-order valence-corrected chi connectivity index (χ3v) is 12.9. The van der Waals surface area contributed by atoms with E-state index in [0.717, 1.165) is 206 Å². The molecule has 14 nitrogen and oxygen atoms in total. The molecular weight excluding hydrogens is 919 g/mol. The summed E-state index contributed by atoms with van der Waals surface area (Å²) in [5.74, 6) is -2.54. The molecule has 0 radical (unpaired) electrons. The van der Waals surface area contributed by atoms with Gasteiger partial charge in [-0.15, -0.1) is 0 Å². The van der Waals surface area contributed by atoms with Crippen LogP contribution in [0.15, 0.2) is 0 Å². The largest absolute Gasteiger partial charge is 0.465 e. The summed E-state index contributed by atoms with van der Waals surface area (Å²) in [6, 6.07) is 0. The van der Waals surface area contributed by atoms with Crippen molar-refractivity contribution in [1.29, 1.82) is 0 Å². The first-order valence-corrected chi connectivity index (χ1v) is 29.3. The predicted molar refractivity (Wildman–Crippen MR) is 285 cm³/mol. The Hall–Kier alpha value is -3.26. The number of unbranched alkanes of at least 4 members (excludes halogenated alkanes) is 24. The zero-order valence-corrected chi connectivity index (χ0v) is 46.5. The van der Waals surface area contributed by atoms with E-state index in [1.165, 1.54) is 0 Å². The van der Waals surface area contributed by atoms with Crippen molar-refractivity contribution in [2.24, 2.45) is 11.8 Å². The molecule has 0 rings (SSSR count). The lowest BCUT2D eigenvalue weighted by Gasteiger charge is -2.21. The fourth-order valence-corrected chi connectivity index (χ4v) is 8.23. The number of ether oxygens (including phenoxy) is 6. The quantitative estimate of drug-likeness (QED) is 0.0345. The monoisotopic (exact) mass is 1030 g/mol. The first kappa shape index (κ1) is 68.7. The lowest BCUT2D eigenvalue weighted by molar-refractivity contribution is -0.156. The summed E-state index contributed by atoms with van der Waals surface area (Å²) in [7, 11) is 0. The smallest absolute Gasteiger partial charge is 0.305 e. The average molecular weight is 1030 g/mol. The number of rotatable bonds is 54. The number of hydrogen-bond donors (Lipinski definition) is 1. The second-order valence-electron chi connectivity index (χ2n) is 20.1. The Morgan fingerprint density at radius 2 is 0.486 bits per heavy atom. The van der Waals surface area contributed by atoms with Gasteiger partial charge in [0.25, 0.3) is 0 Å². The summed E-state index contributed by atoms with van der Waals surface area (Å²) in [4.78, 5) is 77.0. The highest BCUT2D eigenvalue weighted by Gasteiger charge is 2.20. The summed E-state index contributed by atoms with van der Waals surface area (Å²) in [6.45, 7) is 11.4. The number of carbonyl (C=O) groups is 6. The molecule has 0 aliphatic heterocycles. The number of hydrogen-bond acceptors (Lipinski definition) is 14. The molecule has 0 aliphatic rings. The van der Waals surface area contributed by atoms with Crippen molar-refractivity contribution in [3.8, 4) is 0 Å². The predicted octanol–water partition coefficient (Wildman–Crippen LogP) is 12.9. The molecular formula is C58H107NO13. The van der Waals surface area contributed by atoms with Crippen LogP contribution in [-0.2, 0) is 57.2 Å². The molecule has 0 bridgehead atoms. The van der Waals surface area contributed by atoms with Crippen molar-refractivity contribution in [3.63, 3.8) is 0 Å². The number of nitrogens with zero attached hydrogens (tertiary/aromatic N) is 1. The van der Waals surface area contributed by atoms with E-state index in [0.29, 0.717) is 45.1 Å². The molecule has 0 spiro atoms. The van der Waals surface area contributed by atoms with Crippen LogP contribution in [0.1, 0.15) is 259 Å². The van der Waals surface area contributed by atoms with Gasteiger partial charge in [0.1, 0.15) is 39.6 Å². The summed E-state index contributed by atoms with van der Waals surface area (Å²) in [5.41, 5.74) is 0. The fourth-order valence-electron chi connectivity index (χ4n) is 8.23. The van der Waals surface area contributed by atoms with Crippen molar-refractivity contribution in [2.75, 3.05) is 65.9 Å². The van der Waals surface area contributed by atoms with Crippen LogP contribution in [0.25, 0.3) is 0 Å². The Morgan fingerprint density at radius 1 is 0.292 bits per heavy atom. The van der Waals surface area contributed by atoms with Crippen LogP contribution in [0, 0.1) is 11.8 Å². The third kappa shape index (κ3) is 47.7. The highest BCUT2D eigenvalue weighted by molar-refractivity contribution is 5.71. The number of aliphatic hydroxyl groups excluding tert-OH is 1. The van der Waals surface area contributed by atoms with Crippen molar-refractivity contribution in [1.82, 2.24) is 4.90 Å². The molecule has 0 saturated heterocycles. The van der Waals surface area contributed by atoms with Gasteiger partial charge in [-0.25, -0.2) is 0 Å². The van der Waals surface area contributed by atoms with E-state index in [2.05, 4.69) is 32.6 Å². The van der Waals surface area contributed by atoms with Gasteiger partial charge in [-0.05, 0) is 64.5 Å².